The SMILES string of the molecule is COc1ccc(C(=O)NCc2cc(Cl)c3c(c2)OCCCO3)cc1OC. The fourth-order valence-electron chi connectivity index (χ4n) is 2.65. The van der Waals surface area contributed by atoms with Crippen LogP contribution in [0.15, 0.2) is 30.3 Å². The normalized spacial score (nSPS) is 12.9. The molecule has 3 rings (SSSR count). The maximum Gasteiger partial charge on any atom is 0.251 e. The van der Waals surface area contributed by atoms with Gasteiger partial charge in [0.25, 0.3) is 5.91 Å². The molecule has 1 N–H and O–H groups in total. The molecule has 2 aromatic carbocycles. The molecule has 1 amide bonds. The Kier molecular flexibility index (Phi) is 5.73. The Morgan fingerprint density at radius 3 is 2.65 bits per heavy atom. The fraction of sp³-hybridized carbons (Fsp3) is 0.316. The number of ether oxygens (including phenoxy) is 4. The van der Waals surface area contributed by atoms with Gasteiger partial charge in [0.2, 0.25) is 0 Å². The fourth-order valence-corrected chi connectivity index (χ4v) is 2.94. The van der Waals surface area contributed by atoms with Gasteiger partial charge in [0, 0.05) is 18.5 Å². The van der Waals surface area contributed by atoms with Gasteiger partial charge in [0.1, 0.15) is 0 Å². The van der Waals surface area contributed by atoms with E-state index < -0.39 is 0 Å². The molecule has 0 aliphatic carbocycles. The minimum absolute atomic E-state index is 0.228. The molecule has 1 heterocycles. The van der Waals surface area contributed by atoms with Crippen molar-refractivity contribution < 1.29 is 23.7 Å². The summed E-state index contributed by atoms with van der Waals surface area (Å²) in [6, 6.07) is 8.61. The second-order valence-electron chi connectivity index (χ2n) is 5.71. The van der Waals surface area contributed by atoms with E-state index in [0.717, 1.165) is 12.0 Å². The van der Waals surface area contributed by atoms with Crippen molar-refractivity contribution in [1.29, 1.82) is 0 Å². The predicted octanol–water partition coefficient (Wildman–Crippen LogP) is 3.45. The molecule has 0 atom stereocenters. The average molecular weight is 378 g/mol. The van der Waals surface area contributed by atoms with Gasteiger partial charge in [-0.1, -0.05) is 11.6 Å². The van der Waals surface area contributed by atoms with Crippen molar-refractivity contribution in [3.8, 4) is 23.0 Å². The van der Waals surface area contributed by atoms with E-state index in [0.29, 0.717) is 53.3 Å². The van der Waals surface area contributed by atoms with Gasteiger partial charge < -0.3 is 24.3 Å². The van der Waals surface area contributed by atoms with Gasteiger partial charge in [-0.05, 0) is 35.9 Å². The average Bonchev–Trinajstić information content (AvgIpc) is 2.91. The molecular formula is C19H20ClNO5. The third-order valence-electron chi connectivity index (χ3n) is 3.96. The number of halogens is 1. The first-order chi connectivity index (χ1) is 12.6. The number of methoxy groups -OCH3 is 2. The van der Waals surface area contributed by atoms with E-state index in [1.165, 1.54) is 7.11 Å². The zero-order valence-corrected chi connectivity index (χ0v) is 15.4. The van der Waals surface area contributed by atoms with E-state index in [-0.39, 0.29) is 5.91 Å². The van der Waals surface area contributed by atoms with Gasteiger partial charge >= 0.3 is 0 Å². The lowest BCUT2D eigenvalue weighted by Crippen LogP contribution is -2.22. The molecule has 0 saturated carbocycles. The van der Waals surface area contributed by atoms with Crippen molar-refractivity contribution in [2.75, 3.05) is 27.4 Å². The third-order valence-corrected chi connectivity index (χ3v) is 4.24. The van der Waals surface area contributed by atoms with Crippen LogP contribution in [0.3, 0.4) is 0 Å². The third kappa shape index (κ3) is 3.96. The van der Waals surface area contributed by atoms with E-state index in [1.54, 1.807) is 31.4 Å². The summed E-state index contributed by atoms with van der Waals surface area (Å²) < 4.78 is 21.7. The van der Waals surface area contributed by atoms with Crippen LogP contribution in [0, 0.1) is 0 Å². The van der Waals surface area contributed by atoms with Crippen molar-refractivity contribution in [2.45, 2.75) is 13.0 Å². The lowest BCUT2D eigenvalue weighted by molar-refractivity contribution is 0.0950. The largest absolute Gasteiger partial charge is 0.493 e. The van der Waals surface area contributed by atoms with Crippen LogP contribution in [-0.2, 0) is 6.54 Å². The summed E-state index contributed by atoms with van der Waals surface area (Å²) in [7, 11) is 3.07. The summed E-state index contributed by atoms with van der Waals surface area (Å²) in [6.45, 7) is 1.45. The van der Waals surface area contributed by atoms with E-state index in [2.05, 4.69) is 5.32 Å². The Balaban J connectivity index is 1.72. The lowest BCUT2D eigenvalue weighted by atomic mass is 10.1. The Morgan fingerprint density at radius 2 is 1.88 bits per heavy atom. The molecule has 26 heavy (non-hydrogen) atoms. The zero-order chi connectivity index (χ0) is 18.5. The summed E-state index contributed by atoms with van der Waals surface area (Å²) in [4.78, 5) is 12.4. The number of benzene rings is 2. The Morgan fingerprint density at radius 1 is 1.12 bits per heavy atom. The second-order valence-corrected chi connectivity index (χ2v) is 6.12. The summed E-state index contributed by atoms with van der Waals surface area (Å²) in [5, 5.41) is 3.34. The molecule has 1 aliphatic heterocycles. The summed E-state index contributed by atoms with van der Waals surface area (Å²) in [5.41, 5.74) is 1.30. The van der Waals surface area contributed by atoms with E-state index in [1.807, 2.05) is 6.07 Å². The van der Waals surface area contributed by atoms with Crippen LogP contribution in [-0.4, -0.2) is 33.3 Å². The minimum atomic E-state index is -0.228. The van der Waals surface area contributed by atoms with Gasteiger partial charge in [0.15, 0.2) is 23.0 Å². The van der Waals surface area contributed by atoms with Crippen molar-refractivity contribution in [3.05, 3.63) is 46.5 Å². The molecule has 0 radical (unpaired) electrons. The highest BCUT2D eigenvalue weighted by Crippen LogP contribution is 2.38. The van der Waals surface area contributed by atoms with Crippen LogP contribution in [0.5, 0.6) is 23.0 Å². The molecule has 0 spiro atoms. The number of amides is 1. The van der Waals surface area contributed by atoms with Gasteiger partial charge in [-0.25, -0.2) is 0 Å². The van der Waals surface area contributed by atoms with Crippen LogP contribution >= 0.6 is 11.6 Å². The summed E-state index contributed by atoms with van der Waals surface area (Å²) in [5.74, 6) is 2.00. The molecule has 0 saturated heterocycles. The van der Waals surface area contributed by atoms with Crippen molar-refractivity contribution in [3.63, 3.8) is 0 Å². The van der Waals surface area contributed by atoms with E-state index in [4.69, 9.17) is 30.5 Å². The van der Waals surface area contributed by atoms with Gasteiger partial charge in [0.05, 0.1) is 32.5 Å². The van der Waals surface area contributed by atoms with Crippen LogP contribution in [0.4, 0.5) is 0 Å². The highest BCUT2D eigenvalue weighted by atomic mass is 35.5. The molecule has 138 valence electrons. The first kappa shape index (κ1) is 18.2. The number of fused-ring (bicyclic) bond motifs is 1. The lowest BCUT2D eigenvalue weighted by Gasteiger charge is -2.13. The predicted molar refractivity (Wildman–Crippen MR) is 97.8 cm³/mol. The van der Waals surface area contributed by atoms with Gasteiger partial charge in [-0.3, -0.25) is 4.79 Å². The molecule has 0 aromatic heterocycles. The molecule has 0 bridgehead atoms. The summed E-state index contributed by atoms with van der Waals surface area (Å²) in [6.07, 6.45) is 0.802. The summed E-state index contributed by atoms with van der Waals surface area (Å²) >= 11 is 6.28. The number of carbonyl (C=O) groups excluding carboxylic acids is 1. The number of nitrogens with one attached hydrogen (secondary N) is 1. The number of hydrogen-bond acceptors (Lipinski definition) is 5. The monoisotopic (exact) mass is 377 g/mol. The topological polar surface area (TPSA) is 66.0 Å². The molecule has 1 aliphatic rings. The zero-order valence-electron chi connectivity index (χ0n) is 14.6. The molecule has 2 aromatic rings. The second kappa shape index (κ2) is 8.19. The van der Waals surface area contributed by atoms with Crippen LogP contribution in [0.25, 0.3) is 0 Å². The van der Waals surface area contributed by atoms with Crippen molar-refractivity contribution >= 4 is 17.5 Å². The highest BCUT2D eigenvalue weighted by Gasteiger charge is 2.16. The van der Waals surface area contributed by atoms with Crippen LogP contribution < -0.4 is 24.3 Å². The van der Waals surface area contributed by atoms with Gasteiger partial charge in [-0.2, -0.15) is 0 Å². The molecule has 6 nitrogen and oxygen atoms in total. The standard InChI is InChI=1S/C19H20ClNO5/c1-23-15-5-4-13(10-16(15)24-2)19(22)21-11-12-8-14(20)18-17(9-12)25-6-3-7-26-18/h4-5,8-10H,3,6-7,11H2,1-2H3,(H,21,22). The Labute approximate surface area is 157 Å². The quantitative estimate of drug-likeness (QED) is 0.864. The molecular weight excluding hydrogens is 358 g/mol. The van der Waals surface area contributed by atoms with E-state index >= 15 is 0 Å². The molecule has 7 heteroatoms. The molecule has 0 fully saturated rings. The minimum Gasteiger partial charge on any atom is -0.493 e. The Hall–Kier alpha value is -2.60. The number of carbonyl (C=O) groups is 1. The smallest absolute Gasteiger partial charge is 0.251 e. The van der Waals surface area contributed by atoms with Crippen LogP contribution in [0.2, 0.25) is 5.02 Å². The van der Waals surface area contributed by atoms with Gasteiger partial charge in [-0.15, -0.1) is 0 Å². The molecule has 0 unspecified atom stereocenters. The number of hydrogen-bond donors (Lipinski definition) is 1. The van der Waals surface area contributed by atoms with E-state index in [9.17, 15) is 4.79 Å². The van der Waals surface area contributed by atoms with Crippen molar-refractivity contribution in [2.24, 2.45) is 0 Å². The Bertz CT molecular complexity index is 809. The van der Waals surface area contributed by atoms with Crippen LogP contribution in [0.1, 0.15) is 22.3 Å². The highest BCUT2D eigenvalue weighted by molar-refractivity contribution is 6.32. The number of rotatable bonds is 5. The first-order valence-corrected chi connectivity index (χ1v) is 8.58. The first-order valence-electron chi connectivity index (χ1n) is 8.20. The maximum absolute atomic E-state index is 12.4. The maximum atomic E-state index is 12.4. The van der Waals surface area contributed by atoms with Crippen molar-refractivity contribution in [1.82, 2.24) is 5.32 Å².